The molecule has 0 spiro atoms. The van der Waals surface area contributed by atoms with E-state index in [9.17, 15) is 9.59 Å². The zero-order valence-electron chi connectivity index (χ0n) is 17.5. The van der Waals surface area contributed by atoms with Gasteiger partial charge in [-0.1, -0.05) is 48.5 Å². The zero-order valence-corrected chi connectivity index (χ0v) is 17.5. The van der Waals surface area contributed by atoms with E-state index in [0.717, 1.165) is 45.0 Å². The Bertz CT molecular complexity index is 1310. The maximum atomic E-state index is 13.1. The van der Waals surface area contributed by atoms with Crippen molar-refractivity contribution in [2.75, 3.05) is 4.90 Å². The van der Waals surface area contributed by atoms with E-state index < -0.39 is 12.1 Å². The van der Waals surface area contributed by atoms with Crippen LogP contribution in [0.1, 0.15) is 25.0 Å². The molecule has 5 nitrogen and oxygen atoms in total. The highest BCUT2D eigenvalue weighted by Gasteiger charge is 2.34. The van der Waals surface area contributed by atoms with Crippen molar-refractivity contribution >= 4 is 39.3 Å². The second-order valence-electron chi connectivity index (χ2n) is 8.12. The number of esters is 1. The second-order valence-corrected chi connectivity index (χ2v) is 8.12. The van der Waals surface area contributed by atoms with Crippen molar-refractivity contribution in [3.05, 3.63) is 78.1 Å². The van der Waals surface area contributed by atoms with Crippen LogP contribution in [0.3, 0.4) is 0 Å². The van der Waals surface area contributed by atoms with Crippen LogP contribution < -0.4 is 4.90 Å². The lowest BCUT2D eigenvalue weighted by Gasteiger charge is -2.25. The summed E-state index contributed by atoms with van der Waals surface area (Å²) in [5.41, 5.74) is 3.53. The van der Waals surface area contributed by atoms with Gasteiger partial charge in [0.2, 0.25) is 0 Å². The summed E-state index contributed by atoms with van der Waals surface area (Å²) < 4.78 is 11.2. The van der Waals surface area contributed by atoms with Crippen molar-refractivity contribution in [2.45, 2.75) is 38.8 Å². The molecular weight excluding hydrogens is 390 g/mol. The molecule has 4 aromatic rings. The van der Waals surface area contributed by atoms with E-state index in [-0.39, 0.29) is 18.4 Å². The van der Waals surface area contributed by atoms with Gasteiger partial charge in [0.15, 0.2) is 6.10 Å². The molecule has 2 atom stereocenters. The maximum Gasteiger partial charge on any atom is 0.311 e. The Morgan fingerprint density at radius 3 is 2.74 bits per heavy atom. The first-order chi connectivity index (χ1) is 15.0. The summed E-state index contributed by atoms with van der Waals surface area (Å²) in [6.45, 7) is 3.64. The number of nitrogens with zero attached hydrogens (tertiary/aromatic N) is 1. The van der Waals surface area contributed by atoms with Crippen LogP contribution >= 0.6 is 0 Å². The molecule has 0 fully saturated rings. The Morgan fingerprint density at radius 2 is 1.87 bits per heavy atom. The molecule has 1 aliphatic heterocycles. The Kier molecular flexibility index (Phi) is 4.74. The fourth-order valence-corrected chi connectivity index (χ4v) is 4.55. The first-order valence-corrected chi connectivity index (χ1v) is 10.5. The van der Waals surface area contributed by atoms with E-state index in [1.165, 1.54) is 0 Å². The van der Waals surface area contributed by atoms with Crippen LogP contribution in [0.4, 0.5) is 5.69 Å². The van der Waals surface area contributed by atoms with Gasteiger partial charge in [-0.2, -0.15) is 0 Å². The summed E-state index contributed by atoms with van der Waals surface area (Å²) >= 11 is 0. The van der Waals surface area contributed by atoms with Crippen molar-refractivity contribution in [3.8, 4) is 0 Å². The van der Waals surface area contributed by atoms with Gasteiger partial charge >= 0.3 is 5.97 Å². The number of ether oxygens (including phenoxy) is 1. The number of amides is 1. The fourth-order valence-electron chi connectivity index (χ4n) is 4.55. The number of benzene rings is 3. The van der Waals surface area contributed by atoms with E-state index >= 15 is 0 Å². The number of anilines is 1. The number of fused-ring (bicyclic) bond motifs is 4. The van der Waals surface area contributed by atoms with Gasteiger partial charge < -0.3 is 14.1 Å². The van der Waals surface area contributed by atoms with E-state index in [1.54, 1.807) is 18.1 Å². The lowest BCUT2D eigenvalue weighted by Crippen LogP contribution is -2.43. The maximum absolute atomic E-state index is 13.1. The van der Waals surface area contributed by atoms with Gasteiger partial charge in [-0.25, -0.2) is 0 Å². The molecule has 156 valence electrons. The van der Waals surface area contributed by atoms with E-state index in [1.807, 2.05) is 67.6 Å². The lowest BCUT2D eigenvalue weighted by atomic mass is 10.0. The average Bonchev–Trinajstić information content (AvgIpc) is 3.33. The molecule has 31 heavy (non-hydrogen) atoms. The van der Waals surface area contributed by atoms with Crippen LogP contribution in [0.15, 0.2) is 71.3 Å². The summed E-state index contributed by atoms with van der Waals surface area (Å²) in [7, 11) is 0. The number of hydrogen-bond donors (Lipinski definition) is 0. The normalized spacial score (nSPS) is 16.5. The summed E-state index contributed by atoms with van der Waals surface area (Å²) in [6, 6.07) is 19.8. The quantitative estimate of drug-likeness (QED) is 0.440. The second kappa shape index (κ2) is 7.58. The van der Waals surface area contributed by atoms with Gasteiger partial charge in [0.05, 0.1) is 12.7 Å². The number of hydrogen-bond acceptors (Lipinski definition) is 4. The number of carbonyl (C=O) groups is 2. The highest BCUT2D eigenvalue weighted by atomic mass is 16.5. The molecule has 0 radical (unpaired) electrons. The lowest BCUT2D eigenvalue weighted by molar-refractivity contribution is -0.153. The summed E-state index contributed by atoms with van der Waals surface area (Å²) in [4.78, 5) is 27.5. The topological polar surface area (TPSA) is 59.8 Å². The number of para-hydroxylation sites is 1. The number of carbonyl (C=O) groups excluding carboxylic acids is 2. The third-order valence-electron chi connectivity index (χ3n) is 5.98. The van der Waals surface area contributed by atoms with E-state index in [4.69, 9.17) is 9.15 Å². The molecule has 5 heteroatoms. The van der Waals surface area contributed by atoms with Crippen LogP contribution in [0.2, 0.25) is 0 Å². The fraction of sp³-hybridized carbons (Fsp3) is 0.231. The van der Waals surface area contributed by atoms with E-state index in [0.29, 0.717) is 0 Å². The Morgan fingerprint density at radius 1 is 1.10 bits per heavy atom. The minimum absolute atomic E-state index is 0.0373. The van der Waals surface area contributed by atoms with Crippen molar-refractivity contribution in [1.29, 1.82) is 0 Å². The smallest absolute Gasteiger partial charge is 0.311 e. The Hall–Kier alpha value is -3.60. The molecule has 2 heterocycles. The number of furan rings is 1. The molecule has 0 unspecified atom stereocenters. The van der Waals surface area contributed by atoms with Crippen LogP contribution in [0.25, 0.3) is 21.7 Å². The summed E-state index contributed by atoms with van der Waals surface area (Å²) in [5.74, 6) is -0.648. The summed E-state index contributed by atoms with van der Waals surface area (Å²) in [5, 5.41) is 3.02. The molecule has 5 rings (SSSR count). The molecule has 1 amide bonds. The predicted octanol–water partition coefficient (Wildman–Crippen LogP) is 5.04. The average molecular weight is 413 g/mol. The molecule has 0 saturated carbocycles. The molecule has 1 aliphatic rings. The Labute approximate surface area is 180 Å². The third kappa shape index (κ3) is 3.36. The third-order valence-corrected chi connectivity index (χ3v) is 5.98. The van der Waals surface area contributed by atoms with Crippen LogP contribution in [-0.4, -0.2) is 24.0 Å². The SMILES string of the molecule is C[C@@H](OC(=O)Cc1coc2ccc3ccccc3c12)C(=O)N1c2ccccc2C[C@@H]1C. The highest BCUT2D eigenvalue weighted by molar-refractivity contribution is 6.08. The van der Waals surface area contributed by atoms with Crippen LogP contribution in [0.5, 0.6) is 0 Å². The zero-order chi connectivity index (χ0) is 21.5. The predicted molar refractivity (Wildman–Crippen MR) is 120 cm³/mol. The molecule has 0 bridgehead atoms. The molecule has 0 saturated heterocycles. The van der Waals surface area contributed by atoms with Gasteiger partial charge in [-0.05, 0) is 48.7 Å². The summed E-state index contributed by atoms with van der Waals surface area (Å²) in [6.07, 6.45) is 1.58. The monoisotopic (exact) mass is 413 g/mol. The minimum atomic E-state index is -0.865. The van der Waals surface area contributed by atoms with Crippen LogP contribution in [0, 0.1) is 0 Å². The minimum Gasteiger partial charge on any atom is -0.464 e. The van der Waals surface area contributed by atoms with Crippen molar-refractivity contribution < 1.29 is 18.7 Å². The van der Waals surface area contributed by atoms with Crippen molar-refractivity contribution in [1.82, 2.24) is 0 Å². The molecule has 1 aromatic heterocycles. The van der Waals surface area contributed by atoms with Crippen LogP contribution in [-0.2, 0) is 27.2 Å². The molecule has 0 aliphatic carbocycles. The first-order valence-electron chi connectivity index (χ1n) is 10.5. The standard InChI is InChI=1S/C26H23NO4/c1-16-13-19-8-4-6-10-22(19)27(16)26(29)17(2)31-24(28)14-20-15-30-23-12-11-18-7-3-5-9-21(18)25(20)23/h3-12,15-17H,13-14H2,1-2H3/t16-,17+/m0/s1. The largest absolute Gasteiger partial charge is 0.464 e. The molecular formula is C26H23NO4. The van der Waals surface area contributed by atoms with Gasteiger partial charge in [-0.15, -0.1) is 0 Å². The molecule has 0 N–H and O–H groups in total. The van der Waals surface area contributed by atoms with Gasteiger partial charge in [-0.3, -0.25) is 9.59 Å². The van der Waals surface area contributed by atoms with E-state index in [2.05, 4.69) is 0 Å². The van der Waals surface area contributed by atoms with Crippen molar-refractivity contribution in [3.63, 3.8) is 0 Å². The molecule has 3 aromatic carbocycles. The van der Waals surface area contributed by atoms with Gasteiger partial charge in [0.25, 0.3) is 5.91 Å². The van der Waals surface area contributed by atoms with Gasteiger partial charge in [0.1, 0.15) is 5.58 Å². The first kappa shape index (κ1) is 19.4. The Balaban J connectivity index is 1.34. The van der Waals surface area contributed by atoms with Crippen molar-refractivity contribution in [2.24, 2.45) is 0 Å². The highest BCUT2D eigenvalue weighted by Crippen LogP contribution is 2.33. The van der Waals surface area contributed by atoms with Gasteiger partial charge in [0, 0.05) is 22.7 Å². The number of rotatable bonds is 4.